The molecule has 1 aliphatic rings. The van der Waals surface area contributed by atoms with Gasteiger partial charge in [0.1, 0.15) is 6.61 Å². The maximum absolute atomic E-state index is 11.2. The van der Waals surface area contributed by atoms with Gasteiger partial charge in [0, 0.05) is 37.1 Å². The smallest absolute Gasteiger partial charge is 0.250 e. The van der Waals surface area contributed by atoms with E-state index < -0.39 is 6.61 Å². The first kappa shape index (κ1) is 16.8. The summed E-state index contributed by atoms with van der Waals surface area (Å²) in [5, 5.41) is 15.0. The van der Waals surface area contributed by atoms with E-state index in [-0.39, 0.29) is 5.91 Å². The lowest BCUT2D eigenvalue weighted by Gasteiger charge is -2.33. The number of rotatable bonds is 6. The summed E-state index contributed by atoms with van der Waals surface area (Å²) in [5.41, 5.74) is 1.72. The van der Waals surface area contributed by atoms with Crippen LogP contribution in [-0.4, -0.2) is 48.2 Å². The highest BCUT2D eigenvalue weighted by Gasteiger charge is 2.19. The van der Waals surface area contributed by atoms with Crippen molar-refractivity contribution in [1.29, 1.82) is 0 Å². The van der Waals surface area contributed by atoms with Crippen molar-refractivity contribution in [2.45, 2.75) is 32.7 Å². The molecule has 0 spiro atoms. The summed E-state index contributed by atoms with van der Waals surface area (Å²) in [6.07, 6.45) is 2.28. The van der Waals surface area contributed by atoms with E-state index in [1.807, 2.05) is 24.3 Å². The largest absolute Gasteiger partial charge is 0.387 e. The van der Waals surface area contributed by atoms with Crippen LogP contribution in [0.3, 0.4) is 0 Å². The lowest BCUT2D eigenvalue weighted by molar-refractivity contribution is -0.118. The van der Waals surface area contributed by atoms with Crippen molar-refractivity contribution in [2.24, 2.45) is 5.92 Å². The first-order valence-electron chi connectivity index (χ1n) is 8.06. The van der Waals surface area contributed by atoms with Crippen molar-refractivity contribution in [3.05, 3.63) is 24.3 Å². The molecule has 122 valence electrons. The molecular formula is C17H27N3O2. The highest BCUT2D eigenvalue weighted by atomic mass is 16.3. The number of aliphatic hydroxyl groups excluding tert-OH is 1. The van der Waals surface area contributed by atoms with E-state index in [1.54, 1.807) is 0 Å². The summed E-state index contributed by atoms with van der Waals surface area (Å²) in [5.74, 6) is 0.329. The Morgan fingerprint density at radius 2 is 2.00 bits per heavy atom. The molecule has 1 amide bonds. The summed E-state index contributed by atoms with van der Waals surface area (Å²) in [6, 6.07) is 8.13. The van der Waals surface area contributed by atoms with Crippen molar-refractivity contribution in [1.82, 2.24) is 4.90 Å². The highest BCUT2D eigenvalue weighted by molar-refractivity contribution is 5.91. The summed E-state index contributed by atoms with van der Waals surface area (Å²) in [7, 11) is 0. The predicted molar refractivity (Wildman–Crippen MR) is 90.1 cm³/mol. The van der Waals surface area contributed by atoms with E-state index in [1.165, 1.54) is 6.54 Å². The number of hydrogen-bond donors (Lipinski definition) is 3. The van der Waals surface area contributed by atoms with Gasteiger partial charge in [0.05, 0.1) is 0 Å². The third-order valence-corrected chi connectivity index (χ3v) is 3.87. The molecule has 0 radical (unpaired) electrons. The number of amides is 1. The minimum Gasteiger partial charge on any atom is -0.387 e. The van der Waals surface area contributed by atoms with Crippen LogP contribution in [0.5, 0.6) is 0 Å². The van der Waals surface area contributed by atoms with Gasteiger partial charge in [0.15, 0.2) is 0 Å². The second kappa shape index (κ2) is 8.15. The van der Waals surface area contributed by atoms with Gasteiger partial charge in [0.2, 0.25) is 5.91 Å². The van der Waals surface area contributed by atoms with Crippen LogP contribution in [0.1, 0.15) is 26.7 Å². The average molecular weight is 305 g/mol. The monoisotopic (exact) mass is 305 g/mol. The number of carbonyl (C=O) groups excluding carboxylic acids is 1. The summed E-state index contributed by atoms with van der Waals surface area (Å²) >= 11 is 0. The molecule has 1 aromatic carbocycles. The van der Waals surface area contributed by atoms with Gasteiger partial charge in [0.25, 0.3) is 0 Å². The van der Waals surface area contributed by atoms with Crippen LogP contribution < -0.4 is 10.6 Å². The maximum Gasteiger partial charge on any atom is 0.250 e. The molecule has 0 aliphatic carbocycles. The number of benzene rings is 1. The van der Waals surface area contributed by atoms with Gasteiger partial charge in [-0.05, 0) is 37.0 Å². The van der Waals surface area contributed by atoms with E-state index in [0.717, 1.165) is 37.5 Å². The SMILES string of the molecule is CC(C)CN1CCC(Nc2cccc(NC(=O)CO)c2)CC1. The molecule has 0 saturated carbocycles. The first-order chi connectivity index (χ1) is 10.6. The lowest BCUT2D eigenvalue weighted by Crippen LogP contribution is -2.40. The zero-order valence-electron chi connectivity index (χ0n) is 13.5. The van der Waals surface area contributed by atoms with Crippen LogP contribution in [0.25, 0.3) is 0 Å². The number of nitrogens with one attached hydrogen (secondary N) is 2. The number of anilines is 2. The minimum atomic E-state index is -0.494. The molecule has 3 N–H and O–H groups in total. The van der Waals surface area contributed by atoms with Crippen LogP contribution in [0.15, 0.2) is 24.3 Å². The summed E-state index contributed by atoms with van der Waals surface area (Å²) in [4.78, 5) is 13.7. The van der Waals surface area contributed by atoms with E-state index in [2.05, 4.69) is 29.4 Å². The molecule has 5 nitrogen and oxygen atoms in total. The van der Waals surface area contributed by atoms with Crippen molar-refractivity contribution >= 4 is 17.3 Å². The fourth-order valence-corrected chi connectivity index (χ4v) is 2.90. The van der Waals surface area contributed by atoms with Crippen LogP contribution in [0, 0.1) is 5.92 Å². The molecule has 1 saturated heterocycles. The minimum absolute atomic E-state index is 0.390. The fraction of sp³-hybridized carbons (Fsp3) is 0.588. The van der Waals surface area contributed by atoms with Gasteiger partial charge < -0.3 is 20.6 Å². The van der Waals surface area contributed by atoms with Gasteiger partial charge >= 0.3 is 0 Å². The Morgan fingerprint density at radius 1 is 1.32 bits per heavy atom. The molecule has 0 unspecified atom stereocenters. The second-order valence-corrected chi connectivity index (χ2v) is 6.40. The first-order valence-corrected chi connectivity index (χ1v) is 8.06. The quantitative estimate of drug-likeness (QED) is 0.753. The zero-order valence-corrected chi connectivity index (χ0v) is 13.5. The Labute approximate surface area is 132 Å². The molecule has 1 aromatic rings. The van der Waals surface area contributed by atoms with Crippen molar-refractivity contribution in [3.63, 3.8) is 0 Å². The number of hydrogen-bond acceptors (Lipinski definition) is 4. The molecular weight excluding hydrogens is 278 g/mol. The predicted octanol–water partition coefficient (Wildman–Crippen LogP) is 2.15. The molecule has 2 rings (SSSR count). The molecule has 5 heteroatoms. The molecule has 22 heavy (non-hydrogen) atoms. The van der Waals surface area contributed by atoms with E-state index in [0.29, 0.717) is 11.7 Å². The number of aliphatic hydroxyl groups is 1. The molecule has 0 bridgehead atoms. The lowest BCUT2D eigenvalue weighted by atomic mass is 10.0. The summed E-state index contributed by atoms with van der Waals surface area (Å²) in [6.45, 7) is 7.47. The zero-order chi connectivity index (χ0) is 15.9. The molecule has 0 aromatic heterocycles. The Kier molecular flexibility index (Phi) is 6.21. The van der Waals surface area contributed by atoms with E-state index >= 15 is 0 Å². The van der Waals surface area contributed by atoms with E-state index in [9.17, 15) is 4.79 Å². The Bertz CT molecular complexity index is 483. The third-order valence-electron chi connectivity index (χ3n) is 3.87. The van der Waals surface area contributed by atoms with Crippen LogP contribution in [0.2, 0.25) is 0 Å². The Morgan fingerprint density at radius 3 is 2.64 bits per heavy atom. The van der Waals surface area contributed by atoms with Crippen LogP contribution >= 0.6 is 0 Å². The van der Waals surface area contributed by atoms with Gasteiger partial charge in [-0.3, -0.25) is 4.79 Å². The topological polar surface area (TPSA) is 64.6 Å². The van der Waals surface area contributed by atoms with Crippen molar-refractivity contribution in [2.75, 3.05) is 36.9 Å². The van der Waals surface area contributed by atoms with Gasteiger partial charge in [-0.25, -0.2) is 0 Å². The highest BCUT2D eigenvalue weighted by Crippen LogP contribution is 2.20. The number of nitrogens with zero attached hydrogens (tertiary/aromatic N) is 1. The molecule has 0 atom stereocenters. The van der Waals surface area contributed by atoms with Crippen molar-refractivity contribution in [3.8, 4) is 0 Å². The van der Waals surface area contributed by atoms with Crippen molar-refractivity contribution < 1.29 is 9.90 Å². The fourth-order valence-electron chi connectivity index (χ4n) is 2.90. The molecule has 1 aliphatic heterocycles. The number of piperidine rings is 1. The molecule has 1 fully saturated rings. The van der Waals surface area contributed by atoms with E-state index in [4.69, 9.17) is 5.11 Å². The van der Waals surface area contributed by atoms with Gasteiger partial charge in [-0.1, -0.05) is 19.9 Å². The number of carbonyl (C=O) groups is 1. The maximum atomic E-state index is 11.2. The van der Waals surface area contributed by atoms with Gasteiger partial charge in [-0.15, -0.1) is 0 Å². The standard InChI is InChI=1S/C17H27N3O2/c1-13(2)11-20-8-6-14(7-9-20)18-15-4-3-5-16(10-15)19-17(22)12-21/h3-5,10,13-14,18,21H,6-9,11-12H2,1-2H3,(H,19,22). The van der Waals surface area contributed by atoms with Crippen LogP contribution in [0.4, 0.5) is 11.4 Å². The van der Waals surface area contributed by atoms with Gasteiger partial charge in [-0.2, -0.15) is 0 Å². The number of likely N-dealkylation sites (tertiary alicyclic amines) is 1. The average Bonchev–Trinajstić information content (AvgIpc) is 2.49. The third kappa shape index (κ3) is 5.31. The molecule has 1 heterocycles. The Balaban J connectivity index is 1.84. The normalized spacial score (nSPS) is 16.7. The Hall–Kier alpha value is -1.59. The van der Waals surface area contributed by atoms with Crippen LogP contribution in [-0.2, 0) is 4.79 Å². The summed E-state index contributed by atoms with van der Waals surface area (Å²) < 4.78 is 0. The second-order valence-electron chi connectivity index (χ2n) is 6.40.